The Kier molecular flexibility index (Phi) is 4.63. The number of hydrogen-bond acceptors (Lipinski definition) is 4. The summed E-state index contributed by atoms with van der Waals surface area (Å²) in [7, 11) is 0. The van der Waals surface area contributed by atoms with Crippen LogP contribution in [-0.4, -0.2) is 40.0 Å². The number of amides is 1. The Morgan fingerprint density at radius 1 is 1.30 bits per heavy atom. The fraction of sp³-hybridized carbons (Fsp3) is 0.267. The molecule has 1 fully saturated rings. The molecule has 8 heteroatoms. The third kappa shape index (κ3) is 3.71. The largest absolute Gasteiger partial charge is 0.458 e. The molecule has 120 valence electrons. The summed E-state index contributed by atoms with van der Waals surface area (Å²) >= 11 is 12.0. The number of hydrogen-bond donors (Lipinski definition) is 0. The van der Waals surface area contributed by atoms with Crippen LogP contribution in [0.15, 0.2) is 30.6 Å². The molecule has 0 bridgehead atoms. The molecule has 5 nitrogen and oxygen atoms in total. The number of aromatic nitrogens is 2. The van der Waals surface area contributed by atoms with E-state index in [2.05, 4.69) is 9.97 Å². The molecule has 1 amide bonds. The first kappa shape index (κ1) is 16.0. The molecule has 2 aromatic rings. The van der Waals surface area contributed by atoms with Gasteiger partial charge in [0, 0.05) is 18.0 Å². The van der Waals surface area contributed by atoms with Gasteiger partial charge in [-0.05, 0) is 18.2 Å². The third-order valence-corrected chi connectivity index (χ3v) is 4.02. The Bertz CT molecular complexity index is 727. The Morgan fingerprint density at radius 2 is 2.04 bits per heavy atom. The van der Waals surface area contributed by atoms with Crippen molar-refractivity contribution < 1.29 is 13.9 Å². The molecule has 1 aromatic heterocycles. The van der Waals surface area contributed by atoms with Crippen LogP contribution in [0.3, 0.4) is 0 Å². The van der Waals surface area contributed by atoms with Crippen LogP contribution in [0.1, 0.15) is 16.8 Å². The van der Waals surface area contributed by atoms with Gasteiger partial charge in [0.25, 0.3) is 5.91 Å². The van der Waals surface area contributed by atoms with Gasteiger partial charge in [-0.25, -0.2) is 14.4 Å². The number of carbonyl (C=O) groups excluding carboxylic acids is 1. The zero-order valence-electron chi connectivity index (χ0n) is 11.9. The maximum Gasteiger partial charge on any atom is 0.316 e. The molecule has 0 unspecified atom stereocenters. The number of nitrogens with zero attached hydrogens (tertiary/aromatic N) is 3. The van der Waals surface area contributed by atoms with Crippen LogP contribution in [-0.2, 0) is 0 Å². The van der Waals surface area contributed by atoms with E-state index in [9.17, 15) is 9.18 Å². The summed E-state index contributed by atoms with van der Waals surface area (Å²) in [5.74, 6) is -0.736. The summed E-state index contributed by atoms with van der Waals surface area (Å²) in [6.07, 6.45) is 2.45. The molecular formula is C15H12Cl2FN3O2. The van der Waals surface area contributed by atoms with E-state index in [1.807, 2.05) is 0 Å². The lowest BCUT2D eigenvalue weighted by atomic mass is 10.2. The molecule has 1 saturated heterocycles. The number of halogens is 3. The fourth-order valence-electron chi connectivity index (χ4n) is 2.35. The molecule has 2 heterocycles. The first-order chi connectivity index (χ1) is 11.0. The maximum absolute atomic E-state index is 12.8. The number of rotatable bonds is 3. The van der Waals surface area contributed by atoms with Crippen molar-refractivity contribution in [1.29, 1.82) is 0 Å². The molecule has 23 heavy (non-hydrogen) atoms. The second kappa shape index (κ2) is 6.68. The van der Waals surface area contributed by atoms with Crippen molar-refractivity contribution in [2.75, 3.05) is 13.1 Å². The van der Waals surface area contributed by atoms with Crippen LogP contribution in [0, 0.1) is 5.82 Å². The van der Waals surface area contributed by atoms with Crippen molar-refractivity contribution in [3.8, 4) is 6.01 Å². The lowest BCUT2D eigenvalue weighted by Gasteiger charge is -2.17. The Morgan fingerprint density at radius 3 is 2.78 bits per heavy atom. The van der Waals surface area contributed by atoms with Gasteiger partial charge in [0.15, 0.2) is 5.82 Å². The molecule has 1 aliphatic heterocycles. The Labute approximate surface area is 142 Å². The lowest BCUT2D eigenvalue weighted by Crippen LogP contribution is -2.31. The van der Waals surface area contributed by atoms with Gasteiger partial charge in [-0.1, -0.05) is 23.2 Å². The second-order valence-electron chi connectivity index (χ2n) is 5.09. The van der Waals surface area contributed by atoms with Crippen molar-refractivity contribution in [3.05, 3.63) is 52.0 Å². The average molecular weight is 356 g/mol. The van der Waals surface area contributed by atoms with E-state index in [0.29, 0.717) is 35.1 Å². The second-order valence-corrected chi connectivity index (χ2v) is 5.93. The number of ether oxygens (including phenoxy) is 1. The highest BCUT2D eigenvalue weighted by Gasteiger charge is 2.29. The summed E-state index contributed by atoms with van der Waals surface area (Å²) in [5.41, 5.74) is 0.359. The van der Waals surface area contributed by atoms with Crippen LogP contribution < -0.4 is 4.74 Å². The van der Waals surface area contributed by atoms with Gasteiger partial charge < -0.3 is 9.64 Å². The van der Waals surface area contributed by atoms with Crippen LogP contribution in [0.4, 0.5) is 4.39 Å². The highest BCUT2D eigenvalue weighted by atomic mass is 35.5. The normalized spacial score (nSPS) is 17.3. The molecular weight excluding hydrogens is 344 g/mol. The smallest absolute Gasteiger partial charge is 0.316 e. The van der Waals surface area contributed by atoms with Crippen LogP contribution in [0.25, 0.3) is 0 Å². The summed E-state index contributed by atoms with van der Waals surface area (Å²) in [6.45, 7) is 0.899. The van der Waals surface area contributed by atoms with Crippen molar-refractivity contribution >= 4 is 29.1 Å². The van der Waals surface area contributed by atoms with Crippen molar-refractivity contribution in [2.45, 2.75) is 12.5 Å². The third-order valence-electron chi connectivity index (χ3n) is 3.46. The van der Waals surface area contributed by atoms with E-state index in [-0.39, 0.29) is 18.0 Å². The van der Waals surface area contributed by atoms with Gasteiger partial charge in [-0.3, -0.25) is 4.79 Å². The minimum atomic E-state index is -0.531. The minimum Gasteiger partial charge on any atom is -0.458 e. The van der Waals surface area contributed by atoms with Gasteiger partial charge in [0.2, 0.25) is 0 Å². The highest BCUT2D eigenvalue weighted by molar-refractivity contribution is 6.35. The zero-order chi connectivity index (χ0) is 16.4. The van der Waals surface area contributed by atoms with Crippen molar-refractivity contribution in [2.24, 2.45) is 0 Å². The van der Waals surface area contributed by atoms with Crippen LogP contribution in [0.2, 0.25) is 10.0 Å². The molecule has 0 saturated carbocycles. The van der Waals surface area contributed by atoms with E-state index in [1.165, 1.54) is 0 Å². The Balaban J connectivity index is 1.66. The van der Waals surface area contributed by atoms with Crippen molar-refractivity contribution in [3.63, 3.8) is 0 Å². The Hall–Kier alpha value is -1.92. The first-order valence-corrected chi connectivity index (χ1v) is 7.67. The fourth-order valence-corrected chi connectivity index (χ4v) is 2.72. The standard InChI is InChI=1S/C15H12Cl2FN3O2/c16-9-1-2-13(17)12(5-9)14(22)21-4-3-11(8-21)23-15-19-6-10(18)7-20-15/h1-2,5-7,11H,3-4,8H2/t11-/m1/s1. The molecule has 0 radical (unpaired) electrons. The van der Waals surface area contributed by atoms with E-state index in [4.69, 9.17) is 27.9 Å². The quantitative estimate of drug-likeness (QED) is 0.848. The van der Waals surface area contributed by atoms with Crippen LogP contribution in [0.5, 0.6) is 6.01 Å². The highest BCUT2D eigenvalue weighted by Crippen LogP contribution is 2.24. The molecule has 0 spiro atoms. The summed E-state index contributed by atoms with van der Waals surface area (Å²) < 4.78 is 18.3. The molecule has 3 rings (SSSR count). The minimum absolute atomic E-state index is 0.0893. The van der Waals surface area contributed by atoms with Crippen molar-refractivity contribution in [1.82, 2.24) is 14.9 Å². The summed E-state index contributed by atoms with van der Waals surface area (Å²) in [5, 5.41) is 0.801. The molecule has 0 N–H and O–H groups in total. The predicted octanol–water partition coefficient (Wildman–Crippen LogP) is 3.22. The zero-order valence-corrected chi connectivity index (χ0v) is 13.4. The number of likely N-dealkylation sites (tertiary alicyclic amines) is 1. The average Bonchev–Trinajstić information content (AvgIpc) is 3.00. The van der Waals surface area contributed by atoms with Gasteiger partial charge in [-0.2, -0.15) is 0 Å². The number of benzene rings is 1. The predicted molar refractivity (Wildman–Crippen MR) is 83.4 cm³/mol. The van der Waals surface area contributed by atoms with Gasteiger partial charge in [0.05, 0.1) is 29.5 Å². The number of carbonyl (C=O) groups is 1. The SMILES string of the molecule is O=C(c1cc(Cl)ccc1Cl)N1CC[C@@H](Oc2ncc(F)cn2)C1. The lowest BCUT2D eigenvalue weighted by molar-refractivity contribution is 0.0770. The molecule has 1 aliphatic rings. The molecule has 1 atom stereocenters. The summed E-state index contributed by atoms with van der Waals surface area (Å²) in [4.78, 5) is 21.6. The van der Waals surface area contributed by atoms with Crippen LogP contribution >= 0.6 is 23.2 Å². The van der Waals surface area contributed by atoms with Gasteiger partial charge in [0.1, 0.15) is 6.10 Å². The van der Waals surface area contributed by atoms with E-state index in [1.54, 1.807) is 23.1 Å². The summed E-state index contributed by atoms with van der Waals surface area (Å²) in [6, 6.07) is 4.85. The topological polar surface area (TPSA) is 55.3 Å². The van der Waals surface area contributed by atoms with E-state index >= 15 is 0 Å². The van der Waals surface area contributed by atoms with Gasteiger partial charge >= 0.3 is 6.01 Å². The molecule has 1 aromatic carbocycles. The first-order valence-electron chi connectivity index (χ1n) is 6.91. The monoisotopic (exact) mass is 355 g/mol. The van der Waals surface area contributed by atoms with E-state index in [0.717, 1.165) is 12.4 Å². The maximum atomic E-state index is 12.8. The van der Waals surface area contributed by atoms with E-state index < -0.39 is 5.82 Å². The van der Waals surface area contributed by atoms with Gasteiger partial charge in [-0.15, -0.1) is 0 Å². The molecule has 0 aliphatic carbocycles.